The fourth-order valence-corrected chi connectivity index (χ4v) is 2.69. The number of likely N-dealkylation sites (tertiary alicyclic amines) is 1. The molecule has 0 saturated carbocycles. The van der Waals surface area contributed by atoms with Crippen molar-refractivity contribution in [1.29, 1.82) is 0 Å². The molecule has 0 radical (unpaired) electrons. The van der Waals surface area contributed by atoms with Gasteiger partial charge >= 0.3 is 0 Å². The van der Waals surface area contributed by atoms with E-state index in [0.717, 1.165) is 30.6 Å². The predicted molar refractivity (Wildman–Crippen MR) is 73.2 cm³/mol. The van der Waals surface area contributed by atoms with Crippen molar-refractivity contribution < 1.29 is 14.3 Å². The maximum Gasteiger partial charge on any atom is 0.289 e. The molecule has 4 nitrogen and oxygen atoms in total. The van der Waals surface area contributed by atoms with E-state index in [1.54, 1.807) is 11.8 Å². The third kappa shape index (κ3) is 2.84. The fourth-order valence-electron chi connectivity index (χ4n) is 2.69. The van der Waals surface area contributed by atoms with Gasteiger partial charge in [-0.15, -0.1) is 0 Å². The van der Waals surface area contributed by atoms with Crippen molar-refractivity contribution >= 4 is 5.91 Å². The summed E-state index contributed by atoms with van der Waals surface area (Å²) in [6, 6.07) is 1.87. The quantitative estimate of drug-likeness (QED) is 0.908. The summed E-state index contributed by atoms with van der Waals surface area (Å²) in [4.78, 5) is 14.1. The van der Waals surface area contributed by atoms with Crippen molar-refractivity contribution in [3.05, 3.63) is 23.2 Å². The topological polar surface area (TPSA) is 53.7 Å². The number of furan rings is 1. The summed E-state index contributed by atoms with van der Waals surface area (Å²) in [5.41, 5.74) is 1.12. The minimum absolute atomic E-state index is 0.0439. The SMILES string of the molecule is CCc1cc(C(=O)N2CCC(C(C)O)C2)oc1CC. The van der Waals surface area contributed by atoms with Gasteiger partial charge in [0.15, 0.2) is 5.76 Å². The Morgan fingerprint density at radius 2 is 2.26 bits per heavy atom. The van der Waals surface area contributed by atoms with E-state index in [1.165, 1.54) is 0 Å². The predicted octanol–water partition coefficient (Wildman–Crippen LogP) is 2.25. The molecular weight excluding hydrogens is 242 g/mol. The molecule has 2 heterocycles. The van der Waals surface area contributed by atoms with Gasteiger partial charge in [-0.1, -0.05) is 13.8 Å². The first-order valence-electron chi connectivity index (χ1n) is 7.15. The van der Waals surface area contributed by atoms with Gasteiger partial charge in [-0.3, -0.25) is 4.79 Å². The number of rotatable bonds is 4. The van der Waals surface area contributed by atoms with Crippen molar-refractivity contribution in [2.45, 2.75) is 46.1 Å². The Morgan fingerprint density at radius 3 is 2.74 bits per heavy atom. The minimum Gasteiger partial charge on any atom is -0.456 e. The monoisotopic (exact) mass is 265 g/mol. The number of nitrogens with zero attached hydrogens (tertiary/aromatic N) is 1. The van der Waals surface area contributed by atoms with Crippen LogP contribution in [0.25, 0.3) is 0 Å². The molecule has 2 atom stereocenters. The van der Waals surface area contributed by atoms with E-state index < -0.39 is 0 Å². The van der Waals surface area contributed by atoms with E-state index in [4.69, 9.17) is 4.42 Å². The molecule has 2 rings (SSSR count). The molecule has 4 heteroatoms. The van der Waals surface area contributed by atoms with Gasteiger partial charge < -0.3 is 14.4 Å². The molecule has 0 bridgehead atoms. The van der Waals surface area contributed by atoms with Crippen molar-refractivity contribution in [1.82, 2.24) is 4.90 Å². The van der Waals surface area contributed by atoms with Gasteiger partial charge in [0, 0.05) is 25.4 Å². The smallest absolute Gasteiger partial charge is 0.289 e. The first-order valence-corrected chi connectivity index (χ1v) is 7.15. The first-order chi connectivity index (χ1) is 9.06. The van der Waals surface area contributed by atoms with Crippen LogP contribution in [-0.4, -0.2) is 35.1 Å². The van der Waals surface area contributed by atoms with Gasteiger partial charge in [-0.25, -0.2) is 0 Å². The number of hydrogen-bond acceptors (Lipinski definition) is 3. The van der Waals surface area contributed by atoms with Crippen LogP contribution in [0.4, 0.5) is 0 Å². The van der Waals surface area contributed by atoms with Gasteiger partial charge in [0.2, 0.25) is 0 Å². The van der Waals surface area contributed by atoms with Crippen LogP contribution in [0, 0.1) is 5.92 Å². The van der Waals surface area contributed by atoms with E-state index in [1.807, 2.05) is 13.0 Å². The standard InChI is InChI=1S/C15H23NO3/c1-4-11-8-14(19-13(11)5-2)15(18)16-7-6-12(9-16)10(3)17/h8,10,12,17H,4-7,9H2,1-3H3. The van der Waals surface area contributed by atoms with Crippen LogP contribution in [0.5, 0.6) is 0 Å². The highest BCUT2D eigenvalue weighted by molar-refractivity contribution is 5.92. The van der Waals surface area contributed by atoms with Crippen LogP contribution in [-0.2, 0) is 12.8 Å². The lowest BCUT2D eigenvalue weighted by molar-refractivity contribution is 0.0730. The summed E-state index contributed by atoms with van der Waals surface area (Å²) in [7, 11) is 0. The second-order valence-electron chi connectivity index (χ2n) is 5.31. The molecule has 1 aromatic rings. The average molecular weight is 265 g/mol. The van der Waals surface area contributed by atoms with Crippen LogP contribution in [0.2, 0.25) is 0 Å². The Kier molecular flexibility index (Phi) is 4.30. The number of aliphatic hydroxyl groups is 1. The molecule has 1 aliphatic heterocycles. The zero-order chi connectivity index (χ0) is 14.0. The largest absolute Gasteiger partial charge is 0.456 e. The van der Waals surface area contributed by atoms with E-state index in [0.29, 0.717) is 18.8 Å². The molecule has 1 amide bonds. The van der Waals surface area contributed by atoms with Gasteiger partial charge in [0.1, 0.15) is 5.76 Å². The van der Waals surface area contributed by atoms with E-state index in [9.17, 15) is 9.90 Å². The molecule has 0 spiro atoms. The van der Waals surface area contributed by atoms with Crippen LogP contribution in [0.3, 0.4) is 0 Å². The van der Waals surface area contributed by atoms with Crippen molar-refractivity contribution in [3.8, 4) is 0 Å². The van der Waals surface area contributed by atoms with Crippen molar-refractivity contribution in [3.63, 3.8) is 0 Å². The Balaban J connectivity index is 2.10. The number of carbonyl (C=O) groups is 1. The zero-order valence-corrected chi connectivity index (χ0v) is 12.0. The minimum atomic E-state index is -0.355. The van der Waals surface area contributed by atoms with Crippen LogP contribution in [0.15, 0.2) is 10.5 Å². The van der Waals surface area contributed by atoms with Crippen LogP contribution < -0.4 is 0 Å². The highest BCUT2D eigenvalue weighted by Crippen LogP contribution is 2.24. The molecule has 1 fully saturated rings. The Labute approximate surface area is 114 Å². The number of aryl methyl sites for hydroxylation is 2. The van der Waals surface area contributed by atoms with Gasteiger partial charge in [-0.2, -0.15) is 0 Å². The van der Waals surface area contributed by atoms with E-state index >= 15 is 0 Å². The van der Waals surface area contributed by atoms with Gasteiger partial charge in [0.05, 0.1) is 6.10 Å². The van der Waals surface area contributed by atoms with E-state index in [2.05, 4.69) is 6.92 Å². The summed E-state index contributed by atoms with van der Waals surface area (Å²) in [5.74, 6) is 1.50. The molecular formula is C15H23NO3. The Bertz CT molecular complexity index is 429. The zero-order valence-electron chi connectivity index (χ0n) is 12.0. The molecule has 2 unspecified atom stereocenters. The highest BCUT2D eigenvalue weighted by Gasteiger charge is 2.31. The lowest BCUT2D eigenvalue weighted by atomic mass is 10.0. The summed E-state index contributed by atoms with van der Waals surface area (Å²) in [5, 5.41) is 9.59. The fraction of sp³-hybridized carbons (Fsp3) is 0.667. The maximum absolute atomic E-state index is 12.4. The average Bonchev–Trinajstić information content (AvgIpc) is 3.04. The maximum atomic E-state index is 12.4. The first kappa shape index (κ1) is 14.1. The van der Waals surface area contributed by atoms with Crippen LogP contribution >= 0.6 is 0 Å². The number of amides is 1. The molecule has 1 N–H and O–H groups in total. The molecule has 19 heavy (non-hydrogen) atoms. The number of carbonyl (C=O) groups excluding carboxylic acids is 1. The number of aliphatic hydroxyl groups excluding tert-OH is 1. The second kappa shape index (κ2) is 5.78. The molecule has 0 aliphatic carbocycles. The number of hydrogen-bond donors (Lipinski definition) is 1. The normalized spacial score (nSPS) is 20.8. The third-order valence-corrected chi connectivity index (χ3v) is 4.00. The van der Waals surface area contributed by atoms with Crippen LogP contribution in [0.1, 0.15) is 49.1 Å². The molecule has 1 saturated heterocycles. The molecule has 1 aliphatic rings. The third-order valence-electron chi connectivity index (χ3n) is 4.00. The summed E-state index contributed by atoms with van der Waals surface area (Å²) < 4.78 is 5.67. The van der Waals surface area contributed by atoms with Gasteiger partial charge in [0.25, 0.3) is 5.91 Å². The van der Waals surface area contributed by atoms with E-state index in [-0.39, 0.29) is 17.9 Å². The van der Waals surface area contributed by atoms with Crippen molar-refractivity contribution in [2.24, 2.45) is 5.92 Å². The Hall–Kier alpha value is -1.29. The second-order valence-corrected chi connectivity index (χ2v) is 5.31. The Morgan fingerprint density at radius 1 is 1.53 bits per heavy atom. The van der Waals surface area contributed by atoms with Crippen molar-refractivity contribution in [2.75, 3.05) is 13.1 Å². The van der Waals surface area contributed by atoms with Gasteiger partial charge in [-0.05, 0) is 31.4 Å². The summed E-state index contributed by atoms with van der Waals surface area (Å²) in [6.07, 6.45) is 2.21. The summed E-state index contributed by atoms with van der Waals surface area (Å²) in [6.45, 7) is 7.22. The summed E-state index contributed by atoms with van der Waals surface area (Å²) >= 11 is 0. The lowest BCUT2D eigenvalue weighted by Crippen LogP contribution is -2.30. The lowest BCUT2D eigenvalue weighted by Gasteiger charge is -2.16. The highest BCUT2D eigenvalue weighted by atomic mass is 16.4. The molecule has 106 valence electrons. The molecule has 1 aromatic heterocycles. The molecule has 0 aromatic carbocycles.